The summed E-state index contributed by atoms with van der Waals surface area (Å²) in [6, 6.07) is 5.08. The highest BCUT2D eigenvalue weighted by molar-refractivity contribution is 5.45. The van der Waals surface area contributed by atoms with Crippen molar-refractivity contribution < 1.29 is 4.39 Å². The minimum absolute atomic E-state index is 0.0325. The fraction of sp³-hybridized carbons (Fsp3) is 0.538. The molecule has 1 aliphatic carbocycles. The second-order valence-electron chi connectivity index (χ2n) is 5.57. The first-order valence-electron chi connectivity index (χ1n) is 5.42. The van der Waals surface area contributed by atoms with E-state index < -0.39 is 0 Å². The molecule has 82 valence electrons. The Bertz CT molecular complexity index is 386. The topological polar surface area (TPSA) is 26.0 Å². The molecule has 0 radical (unpaired) electrons. The molecule has 2 rings (SSSR count). The minimum atomic E-state index is -0.151. The molecule has 1 aliphatic rings. The van der Waals surface area contributed by atoms with E-state index in [1.807, 2.05) is 6.07 Å². The first-order valence-corrected chi connectivity index (χ1v) is 5.42. The average molecular weight is 207 g/mol. The molecule has 0 spiro atoms. The Morgan fingerprint density at radius 2 is 1.87 bits per heavy atom. The van der Waals surface area contributed by atoms with Crippen molar-refractivity contribution >= 4 is 5.69 Å². The van der Waals surface area contributed by atoms with Crippen LogP contribution in [0.1, 0.15) is 39.2 Å². The molecule has 1 aromatic carbocycles. The Hall–Kier alpha value is -1.05. The Balaban J connectivity index is 2.47. The predicted molar refractivity (Wildman–Crippen MR) is 61.2 cm³/mol. The molecule has 0 saturated heterocycles. The van der Waals surface area contributed by atoms with Crippen molar-refractivity contribution in [1.29, 1.82) is 0 Å². The van der Waals surface area contributed by atoms with Gasteiger partial charge < -0.3 is 5.73 Å². The van der Waals surface area contributed by atoms with Crippen LogP contribution in [0.2, 0.25) is 0 Å². The normalized spacial score (nSPS) is 18.9. The van der Waals surface area contributed by atoms with Crippen LogP contribution in [-0.2, 0) is 5.41 Å². The fourth-order valence-electron chi connectivity index (χ4n) is 2.47. The molecule has 0 aliphatic heterocycles. The molecule has 1 saturated carbocycles. The maximum absolute atomic E-state index is 13.8. The van der Waals surface area contributed by atoms with Crippen LogP contribution in [0.25, 0.3) is 0 Å². The molecule has 15 heavy (non-hydrogen) atoms. The molecule has 1 aromatic rings. The molecule has 0 unspecified atom stereocenters. The van der Waals surface area contributed by atoms with Gasteiger partial charge in [-0.15, -0.1) is 0 Å². The molecule has 0 bridgehead atoms. The number of anilines is 1. The number of rotatable bonds is 1. The number of hydrogen-bond donors (Lipinski definition) is 1. The molecule has 2 heteroatoms. The first-order chi connectivity index (χ1) is 6.87. The van der Waals surface area contributed by atoms with Crippen molar-refractivity contribution in [2.45, 2.75) is 39.0 Å². The number of nitrogen functional groups attached to an aromatic ring is 1. The Morgan fingerprint density at radius 3 is 2.27 bits per heavy atom. The Labute approximate surface area is 90.5 Å². The van der Waals surface area contributed by atoms with Crippen molar-refractivity contribution in [2.75, 3.05) is 5.73 Å². The average Bonchev–Trinajstić information content (AvgIpc) is 2.83. The van der Waals surface area contributed by atoms with Crippen molar-refractivity contribution in [3.05, 3.63) is 29.6 Å². The van der Waals surface area contributed by atoms with Gasteiger partial charge in [-0.1, -0.05) is 26.8 Å². The van der Waals surface area contributed by atoms with Gasteiger partial charge in [0.15, 0.2) is 0 Å². The van der Waals surface area contributed by atoms with E-state index in [1.54, 1.807) is 6.07 Å². The second kappa shape index (κ2) is 2.97. The summed E-state index contributed by atoms with van der Waals surface area (Å²) in [7, 11) is 0. The molecule has 0 atom stereocenters. The highest BCUT2D eigenvalue weighted by Gasteiger charge is 2.54. The quantitative estimate of drug-likeness (QED) is 0.701. The summed E-state index contributed by atoms with van der Waals surface area (Å²) in [6.07, 6.45) is 2.16. The largest absolute Gasteiger partial charge is 0.399 e. The van der Waals surface area contributed by atoms with Gasteiger partial charge in [0.25, 0.3) is 0 Å². The summed E-state index contributed by atoms with van der Waals surface area (Å²) in [4.78, 5) is 0. The van der Waals surface area contributed by atoms with Gasteiger partial charge in [0.1, 0.15) is 5.82 Å². The van der Waals surface area contributed by atoms with E-state index >= 15 is 0 Å². The van der Waals surface area contributed by atoms with E-state index in [-0.39, 0.29) is 16.6 Å². The highest BCUT2D eigenvalue weighted by Crippen LogP contribution is 2.60. The molecule has 0 heterocycles. The molecular weight excluding hydrogens is 189 g/mol. The SMILES string of the molecule is CC(C)(C)C1(c2ccc(N)cc2F)CC1. The van der Waals surface area contributed by atoms with Gasteiger partial charge in [-0.25, -0.2) is 4.39 Å². The maximum atomic E-state index is 13.8. The zero-order chi connectivity index (χ0) is 11.3. The Kier molecular flexibility index (Phi) is 2.07. The third-order valence-electron chi connectivity index (χ3n) is 3.69. The van der Waals surface area contributed by atoms with Crippen LogP contribution < -0.4 is 5.73 Å². The molecule has 1 fully saturated rings. The smallest absolute Gasteiger partial charge is 0.129 e. The van der Waals surface area contributed by atoms with Crippen molar-refractivity contribution in [3.63, 3.8) is 0 Å². The standard InChI is InChI=1S/C13H18FN/c1-12(2,3)13(6-7-13)10-5-4-9(15)8-11(10)14/h4-5,8H,6-7,15H2,1-3H3. The van der Waals surface area contributed by atoms with Crippen LogP contribution in [-0.4, -0.2) is 0 Å². The Morgan fingerprint density at radius 1 is 1.27 bits per heavy atom. The number of benzene rings is 1. The van der Waals surface area contributed by atoms with Gasteiger partial charge in [-0.3, -0.25) is 0 Å². The number of halogens is 1. The zero-order valence-electron chi connectivity index (χ0n) is 9.60. The lowest BCUT2D eigenvalue weighted by atomic mass is 9.73. The van der Waals surface area contributed by atoms with E-state index in [1.165, 1.54) is 6.07 Å². The van der Waals surface area contributed by atoms with Crippen LogP contribution in [0.4, 0.5) is 10.1 Å². The van der Waals surface area contributed by atoms with E-state index in [0.717, 1.165) is 18.4 Å². The van der Waals surface area contributed by atoms with E-state index in [9.17, 15) is 4.39 Å². The summed E-state index contributed by atoms with van der Waals surface area (Å²) in [5.41, 5.74) is 7.05. The van der Waals surface area contributed by atoms with Crippen LogP contribution in [0.15, 0.2) is 18.2 Å². The summed E-state index contributed by atoms with van der Waals surface area (Å²) in [6.45, 7) is 6.53. The van der Waals surface area contributed by atoms with Crippen LogP contribution >= 0.6 is 0 Å². The lowest BCUT2D eigenvalue weighted by Crippen LogP contribution is -2.27. The second-order valence-corrected chi connectivity index (χ2v) is 5.57. The fourth-order valence-corrected chi connectivity index (χ4v) is 2.47. The number of hydrogen-bond acceptors (Lipinski definition) is 1. The monoisotopic (exact) mass is 207 g/mol. The third-order valence-corrected chi connectivity index (χ3v) is 3.69. The van der Waals surface area contributed by atoms with Gasteiger partial charge in [0.2, 0.25) is 0 Å². The van der Waals surface area contributed by atoms with E-state index in [0.29, 0.717) is 5.69 Å². The van der Waals surface area contributed by atoms with Crippen molar-refractivity contribution in [3.8, 4) is 0 Å². The zero-order valence-corrected chi connectivity index (χ0v) is 9.60. The van der Waals surface area contributed by atoms with Crippen LogP contribution in [0, 0.1) is 11.2 Å². The summed E-state index contributed by atoms with van der Waals surface area (Å²) < 4.78 is 13.8. The molecule has 2 N–H and O–H groups in total. The van der Waals surface area contributed by atoms with Gasteiger partial charge in [-0.2, -0.15) is 0 Å². The van der Waals surface area contributed by atoms with Gasteiger partial charge >= 0.3 is 0 Å². The summed E-state index contributed by atoms with van der Waals surface area (Å²) in [5.74, 6) is -0.151. The van der Waals surface area contributed by atoms with E-state index in [4.69, 9.17) is 5.73 Å². The summed E-state index contributed by atoms with van der Waals surface area (Å²) in [5, 5.41) is 0. The van der Waals surface area contributed by atoms with E-state index in [2.05, 4.69) is 20.8 Å². The maximum Gasteiger partial charge on any atom is 0.129 e. The van der Waals surface area contributed by atoms with Gasteiger partial charge in [0, 0.05) is 11.1 Å². The number of nitrogens with two attached hydrogens (primary N) is 1. The van der Waals surface area contributed by atoms with Crippen LogP contribution in [0.5, 0.6) is 0 Å². The highest BCUT2D eigenvalue weighted by atomic mass is 19.1. The third kappa shape index (κ3) is 1.52. The predicted octanol–water partition coefficient (Wildman–Crippen LogP) is 3.49. The first kappa shape index (κ1) is 10.5. The van der Waals surface area contributed by atoms with Crippen molar-refractivity contribution in [1.82, 2.24) is 0 Å². The van der Waals surface area contributed by atoms with Gasteiger partial charge in [-0.05, 0) is 36.0 Å². The molecular formula is C13H18FN. The van der Waals surface area contributed by atoms with Gasteiger partial charge in [0.05, 0.1) is 0 Å². The van der Waals surface area contributed by atoms with Crippen LogP contribution in [0.3, 0.4) is 0 Å². The summed E-state index contributed by atoms with van der Waals surface area (Å²) >= 11 is 0. The molecule has 0 aromatic heterocycles. The minimum Gasteiger partial charge on any atom is -0.399 e. The lowest BCUT2D eigenvalue weighted by molar-refractivity contribution is 0.291. The lowest BCUT2D eigenvalue weighted by Gasteiger charge is -2.31. The van der Waals surface area contributed by atoms with Crippen molar-refractivity contribution in [2.24, 2.45) is 5.41 Å². The molecule has 1 nitrogen and oxygen atoms in total. The molecule has 0 amide bonds.